The zero-order chi connectivity index (χ0) is 19.6. The van der Waals surface area contributed by atoms with Crippen LogP contribution in [0.15, 0.2) is 52.0 Å². The Morgan fingerprint density at radius 1 is 1.11 bits per heavy atom. The van der Waals surface area contributed by atoms with Crippen LogP contribution in [0.1, 0.15) is 32.8 Å². The highest BCUT2D eigenvalue weighted by Gasteiger charge is 2.15. The van der Waals surface area contributed by atoms with Gasteiger partial charge in [-0.25, -0.2) is 5.43 Å². The summed E-state index contributed by atoms with van der Waals surface area (Å²) < 4.78 is 5.69. The molecule has 0 radical (unpaired) electrons. The summed E-state index contributed by atoms with van der Waals surface area (Å²) in [5.41, 5.74) is 6.04. The standard InChI is InChI=1S/C21H19ClN2O3/c1-12-8-15(9-13(2)20(12)25)11-23-24-21(26)18-10-19(27-14(18)3)16-4-6-17(22)7-5-16/h4-11,25H,1-3H3,(H,24,26). The van der Waals surface area contributed by atoms with Crippen molar-refractivity contribution in [1.82, 2.24) is 5.43 Å². The van der Waals surface area contributed by atoms with Crippen LogP contribution in [0.2, 0.25) is 5.02 Å². The van der Waals surface area contributed by atoms with E-state index in [0.29, 0.717) is 22.1 Å². The molecule has 3 rings (SSSR count). The first-order chi connectivity index (χ1) is 12.8. The third-order valence-corrected chi connectivity index (χ3v) is 4.44. The van der Waals surface area contributed by atoms with Crippen molar-refractivity contribution in [1.29, 1.82) is 0 Å². The number of phenols is 1. The molecule has 1 aromatic heterocycles. The maximum absolute atomic E-state index is 12.4. The number of benzene rings is 2. The Morgan fingerprint density at radius 3 is 2.37 bits per heavy atom. The smallest absolute Gasteiger partial charge is 0.274 e. The van der Waals surface area contributed by atoms with Gasteiger partial charge >= 0.3 is 0 Å². The van der Waals surface area contributed by atoms with Crippen molar-refractivity contribution >= 4 is 23.7 Å². The van der Waals surface area contributed by atoms with E-state index in [-0.39, 0.29) is 11.7 Å². The molecule has 0 aliphatic heterocycles. The molecule has 0 bridgehead atoms. The quantitative estimate of drug-likeness (QED) is 0.492. The van der Waals surface area contributed by atoms with Crippen LogP contribution < -0.4 is 5.43 Å². The summed E-state index contributed by atoms with van der Waals surface area (Å²) in [5, 5.41) is 14.4. The molecular weight excluding hydrogens is 364 g/mol. The lowest BCUT2D eigenvalue weighted by molar-refractivity contribution is 0.0953. The molecule has 0 atom stereocenters. The largest absolute Gasteiger partial charge is 0.507 e. The zero-order valence-corrected chi connectivity index (χ0v) is 16.0. The Labute approximate surface area is 162 Å². The molecule has 1 heterocycles. The van der Waals surface area contributed by atoms with Crippen molar-refractivity contribution in [2.24, 2.45) is 5.10 Å². The molecule has 0 saturated carbocycles. The molecule has 138 valence electrons. The highest BCUT2D eigenvalue weighted by molar-refractivity contribution is 6.30. The monoisotopic (exact) mass is 382 g/mol. The number of nitrogens with zero attached hydrogens (tertiary/aromatic N) is 1. The number of carbonyl (C=O) groups excluding carboxylic acids is 1. The van der Waals surface area contributed by atoms with E-state index in [9.17, 15) is 9.90 Å². The molecule has 2 aromatic carbocycles. The first-order valence-electron chi connectivity index (χ1n) is 8.35. The fourth-order valence-corrected chi connectivity index (χ4v) is 2.88. The average molecular weight is 383 g/mol. The van der Waals surface area contributed by atoms with Crippen molar-refractivity contribution in [2.75, 3.05) is 0 Å². The number of amides is 1. The van der Waals surface area contributed by atoms with Gasteiger partial charge in [0.25, 0.3) is 5.91 Å². The third kappa shape index (κ3) is 4.20. The van der Waals surface area contributed by atoms with E-state index >= 15 is 0 Å². The molecule has 1 amide bonds. The van der Waals surface area contributed by atoms with Crippen LogP contribution in [-0.4, -0.2) is 17.2 Å². The summed E-state index contributed by atoms with van der Waals surface area (Å²) in [4.78, 5) is 12.4. The Balaban J connectivity index is 1.74. The van der Waals surface area contributed by atoms with Crippen molar-refractivity contribution in [3.05, 3.63) is 75.5 Å². The van der Waals surface area contributed by atoms with E-state index in [2.05, 4.69) is 10.5 Å². The fraction of sp³-hybridized carbons (Fsp3) is 0.143. The molecule has 5 nitrogen and oxygen atoms in total. The van der Waals surface area contributed by atoms with Gasteiger partial charge < -0.3 is 9.52 Å². The second kappa shape index (κ2) is 7.68. The van der Waals surface area contributed by atoms with Gasteiger partial charge in [-0.05, 0) is 79.9 Å². The third-order valence-electron chi connectivity index (χ3n) is 4.18. The van der Waals surface area contributed by atoms with Gasteiger partial charge in [-0.2, -0.15) is 5.10 Å². The number of carbonyl (C=O) groups is 1. The zero-order valence-electron chi connectivity index (χ0n) is 15.2. The number of aryl methyl sites for hydroxylation is 3. The van der Waals surface area contributed by atoms with Gasteiger partial charge in [0.1, 0.15) is 17.3 Å². The highest BCUT2D eigenvalue weighted by Crippen LogP contribution is 2.26. The van der Waals surface area contributed by atoms with Crippen LogP contribution >= 0.6 is 11.6 Å². The van der Waals surface area contributed by atoms with E-state index in [1.165, 1.54) is 6.21 Å². The minimum absolute atomic E-state index is 0.264. The number of hydrogen-bond acceptors (Lipinski definition) is 4. The Kier molecular flexibility index (Phi) is 5.33. The van der Waals surface area contributed by atoms with Crippen LogP contribution in [0.5, 0.6) is 5.75 Å². The molecule has 6 heteroatoms. The summed E-state index contributed by atoms with van der Waals surface area (Å²) in [6.07, 6.45) is 1.53. The molecule has 2 N–H and O–H groups in total. The summed E-state index contributed by atoms with van der Waals surface area (Å²) in [6, 6.07) is 12.4. The first-order valence-corrected chi connectivity index (χ1v) is 8.73. The van der Waals surface area contributed by atoms with Crippen molar-refractivity contribution < 1.29 is 14.3 Å². The predicted octanol–water partition coefficient (Wildman–Crippen LogP) is 4.99. The van der Waals surface area contributed by atoms with E-state index in [0.717, 1.165) is 22.3 Å². The van der Waals surface area contributed by atoms with Crippen LogP contribution in [0.25, 0.3) is 11.3 Å². The lowest BCUT2D eigenvalue weighted by atomic mass is 10.1. The van der Waals surface area contributed by atoms with Crippen molar-refractivity contribution in [3.63, 3.8) is 0 Å². The molecule has 0 aliphatic carbocycles. The maximum Gasteiger partial charge on any atom is 0.274 e. The van der Waals surface area contributed by atoms with E-state index in [1.807, 2.05) is 26.0 Å². The van der Waals surface area contributed by atoms with Gasteiger partial charge in [0.2, 0.25) is 0 Å². The molecule has 3 aromatic rings. The Hall–Kier alpha value is -3.05. The number of aromatic hydroxyl groups is 1. The number of furan rings is 1. The van der Waals surface area contributed by atoms with Crippen molar-refractivity contribution in [3.8, 4) is 17.1 Å². The van der Waals surface area contributed by atoms with Crippen LogP contribution in [0.3, 0.4) is 0 Å². The lowest BCUT2D eigenvalue weighted by Gasteiger charge is -2.04. The fourth-order valence-electron chi connectivity index (χ4n) is 2.75. The molecule has 27 heavy (non-hydrogen) atoms. The second-order valence-electron chi connectivity index (χ2n) is 6.29. The molecule has 0 aliphatic rings. The number of hydrogen-bond donors (Lipinski definition) is 2. The van der Waals surface area contributed by atoms with Gasteiger partial charge in [0.15, 0.2) is 0 Å². The van der Waals surface area contributed by atoms with E-state index < -0.39 is 0 Å². The Morgan fingerprint density at radius 2 is 1.74 bits per heavy atom. The number of phenolic OH excluding ortho intramolecular Hbond substituents is 1. The summed E-state index contributed by atoms with van der Waals surface area (Å²) in [7, 11) is 0. The molecular formula is C21H19ClN2O3. The number of hydrazone groups is 1. The SMILES string of the molecule is Cc1cc(C=NNC(=O)c2cc(-c3ccc(Cl)cc3)oc2C)cc(C)c1O. The maximum atomic E-state index is 12.4. The number of rotatable bonds is 4. The summed E-state index contributed by atoms with van der Waals surface area (Å²) in [6.45, 7) is 5.35. The van der Waals surface area contributed by atoms with Crippen LogP contribution in [0, 0.1) is 20.8 Å². The minimum atomic E-state index is -0.361. The minimum Gasteiger partial charge on any atom is -0.507 e. The summed E-state index contributed by atoms with van der Waals surface area (Å²) in [5.74, 6) is 0.993. The molecule has 0 unspecified atom stereocenters. The second-order valence-corrected chi connectivity index (χ2v) is 6.73. The van der Waals surface area contributed by atoms with Gasteiger partial charge in [0.05, 0.1) is 11.8 Å². The lowest BCUT2D eigenvalue weighted by Crippen LogP contribution is -2.17. The number of nitrogens with one attached hydrogen (secondary N) is 1. The number of halogens is 1. The Bertz CT molecular complexity index is 997. The van der Waals surface area contributed by atoms with Crippen molar-refractivity contribution in [2.45, 2.75) is 20.8 Å². The van der Waals surface area contributed by atoms with Crippen LogP contribution in [-0.2, 0) is 0 Å². The molecule has 0 saturated heterocycles. The highest BCUT2D eigenvalue weighted by atomic mass is 35.5. The van der Waals surface area contributed by atoms with E-state index in [1.54, 1.807) is 37.3 Å². The van der Waals surface area contributed by atoms with Gasteiger partial charge in [-0.3, -0.25) is 4.79 Å². The predicted molar refractivity (Wildman–Crippen MR) is 107 cm³/mol. The summed E-state index contributed by atoms with van der Waals surface area (Å²) >= 11 is 5.90. The molecule has 0 spiro atoms. The first kappa shape index (κ1) is 18.7. The normalized spacial score (nSPS) is 11.1. The van der Waals surface area contributed by atoms with Gasteiger partial charge in [-0.15, -0.1) is 0 Å². The van der Waals surface area contributed by atoms with Gasteiger partial charge in [0, 0.05) is 10.6 Å². The average Bonchev–Trinajstić information content (AvgIpc) is 3.02. The van der Waals surface area contributed by atoms with E-state index in [4.69, 9.17) is 16.0 Å². The van der Waals surface area contributed by atoms with Gasteiger partial charge in [-0.1, -0.05) is 11.6 Å². The van der Waals surface area contributed by atoms with Crippen LogP contribution in [0.4, 0.5) is 0 Å². The topological polar surface area (TPSA) is 74.8 Å². The molecule has 0 fully saturated rings.